The molecule has 0 aliphatic carbocycles. The smallest absolute Gasteiger partial charge is 0.310 e. The summed E-state index contributed by atoms with van der Waals surface area (Å²) in [5, 5.41) is 6.50. The van der Waals surface area contributed by atoms with Crippen LogP contribution in [0.25, 0.3) is 0 Å². The Labute approximate surface area is 146 Å². The zero-order valence-electron chi connectivity index (χ0n) is 13.8. The van der Waals surface area contributed by atoms with Gasteiger partial charge in [-0.3, -0.25) is 20.3 Å². The second-order valence-corrected chi connectivity index (χ2v) is 9.81. The summed E-state index contributed by atoms with van der Waals surface area (Å²) in [7, 11) is 0.323. The summed E-state index contributed by atoms with van der Waals surface area (Å²) in [6.45, 7) is 1.97. The molecule has 3 unspecified atom stereocenters. The number of hydrogen-bond donors (Lipinski definition) is 2. The summed E-state index contributed by atoms with van der Waals surface area (Å²) in [6.07, 6.45) is -0.334. The fraction of sp³-hybridized carbons (Fsp3) is 0.846. The van der Waals surface area contributed by atoms with Crippen LogP contribution in [-0.2, 0) is 14.6 Å². The van der Waals surface area contributed by atoms with Gasteiger partial charge in [0.1, 0.15) is 17.7 Å². The van der Waals surface area contributed by atoms with Crippen LogP contribution in [0.4, 0.5) is 4.79 Å². The molecule has 0 aromatic heterocycles. The maximum Gasteiger partial charge on any atom is 0.327 e. The normalized spacial score (nSPS) is 33.8. The van der Waals surface area contributed by atoms with Gasteiger partial charge in [0.15, 0.2) is 9.84 Å². The van der Waals surface area contributed by atoms with Crippen LogP contribution >= 0.6 is 11.8 Å². The van der Waals surface area contributed by atoms with E-state index >= 15 is 0 Å². The van der Waals surface area contributed by atoms with Crippen LogP contribution < -0.4 is 10.6 Å². The third-order valence-corrected chi connectivity index (χ3v) is 7.33. The van der Waals surface area contributed by atoms with Crippen LogP contribution in [0.3, 0.4) is 0 Å². The molecular formula is C13H23N5O4S2. The highest BCUT2D eigenvalue weighted by atomic mass is 32.2. The molecule has 3 atom stereocenters. The average molecular weight is 377 g/mol. The molecule has 3 amide bonds. The highest BCUT2D eigenvalue weighted by Gasteiger charge is 2.48. The molecule has 3 aliphatic heterocycles. The van der Waals surface area contributed by atoms with Crippen molar-refractivity contribution in [1.82, 2.24) is 25.3 Å². The van der Waals surface area contributed by atoms with E-state index < -0.39 is 15.9 Å². The molecule has 24 heavy (non-hydrogen) atoms. The van der Waals surface area contributed by atoms with Crippen LogP contribution in [-0.4, -0.2) is 104 Å². The van der Waals surface area contributed by atoms with Crippen molar-refractivity contribution in [3.05, 3.63) is 0 Å². The Balaban J connectivity index is 1.47. The van der Waals surface area contributed by atoms with E-state index in [-0.39, 0.29) is 35.1 Å². The number of carbonyl (C=O) groups is 2. The number of sulfone groups is 1. The number of amides is 3. The Morgan fingerprint density at radius 3 is 2.50 bits per heavy atom. The minimum absolute atomic E-state index is 0.112. The van der Waals surface area contributed by atoms with Crippen molar-refractivity contribution in [1.29, 1.82) is 0 Å². The molecule has 0 spiro atoms. The Morgan fingerprint density at radius 1 is 1.17 bits per heavy atom. The Bertz CT molecular complexity index is 614. The molecule has 3 rings (SSSR count). The molecule has 136 valence electrons. The standard InChI is InChI=1S/C13H23N5O4S2/c1-16-10-9(11(19)17(2)13(16)20)14-12(15-10)23-6-3-18-4-7-24(21,22)8-5-18/h9-10,12,14-15H,3-8H2,1-2H3. The minimum Gasteiger partial charge on any atom is -0.310 e. The Morgan fingerprint density at radius 2 is 1.83 bits per heavy atom. The van der Waals surface area contributed by atoms with Crippen LogP contribution in [0.15, 0.2) is 0 Å². The van der Waals surface area contributed by atoms with Gasteiger partial charge in [0, 0.05) is 39.5 Å². The largest absolute Gasteiger partial charge is 0.327 e. The Hall–Kier alpha value is -0.880. The average Bonchev–Trinajstić information content (AvgIpc) is 2.97. The van der Waals surface area contributed by atoms with E-state index in [2.05, 4.69) is 15.5 Å². The van der Waals surface area contributed by atoms with Gasteiger partial charge < -0.3 is 9.80 Å². The number of likely N-dealkylation sites (N-methyl/N-ethyl adjacent to an activating group) is 2. The second kappa shape index (κ2) is 6.79. The highest BCUT2D eigenvalue weighted by Crippen LogP contribution is 2.22. The fourth-order valence-electron chi connectivity index (χ4n) is 3.12. The van der Waals surface area contributed by atoms with Crippen molar-refractivity contribution in [3.8, 4) is 0 Å². The lowest BCUT2D eigenvalue weighted by Gasteiger charge is -2.37. The van der Waals surface area contributed by atoms with Crippen molar-refractivity contribution in [3.63, 3.8) is 0 Å². The molecule has 3 aliphatic rings. The lowest BCUT2D eigenvalue weighted by Crippen LogP contribution is -2.64. The number of fused-ring (bicyclic) bond motifs is 1. The summed E-state index contributed by atoms with van der Waals surface area (Å²) < 4.78 is 22.8. The summed E-state index contributed by atoms with van der Waals surface area (Å²) in [6, 6.07) is -0.744. The number of imide groups is 1. The molecule has 9 nitrogen and oxygen atoms in total. The highest BCUT2D eigenvalue weighted by molar-refractivity contribution is 7.99. The van der Waals surface area contributed by atoms with Gasteiger partial charge in [-0.1, -0.05) is 0 Å². The summed E-state index contributed by atoms with van der Waals surface area (Å²) in [4.78, 5) is 29.0. The van der Waals surface area contributed by atoms with Gasteiger partial charge in [0.05, 0.1) is 11.5 Å². The van der Waals surface area contributed by atoms with Crippen molar-refractivity contribution in [2.75, 3.05) is 51.0 Å². The van der Waals surface area contributed by atoms with Crippen molar-refractivity contribution in [2.24, 2.45) is 0 Å². The van der Waals surface area contributed by atoms with Gasteiger partial charge in [-0.15, -0.1) is 11.8 Å². The van der Waals surface area contributed by atoms with Gasteiger partial charge in [0.25, 0.3) is 5.91 Å². The first kappa shape index (κ1) is 17.9. The quantitative estimate of drug-likeness (QED) is 0.588. The predicted molar refractivity (Wildman–Crippen MR) is 91.1 cm³/mol. The SMILES string of the molecule is CN1C(=O)C2NC(SCCN3CCS(=O)(=O)CC3)NC2N(C)C1=O. The van der Waals surface area contributed by atoms with Crippen molar-refractivity contribution in [2.45, 2.75) is 17.7 Å². The predicted octanol–water partition coefficient (Wildman–Crippen LogP) is -1.86. The summed E-state index contributed by atoms with van der Waals surface area (Å²) in [5.74, 6) is 1.05. The first-order valence-electron chi connectivity index (χ1n) is 7.89. The molecule has 3 fully saturated rings. The summed E-state index contributed by atoms with van der Waals surface area (Å²) >= 11 is 1.63. The topological polar surface area (TPSA) is 102 Å². The lowest BCUT2D eigenvalue weighted by atomic mass is 10.1. The van der Waals surface area contributed by atoms with Crippen LogP contribution in [0.1, 0.15) is 0 Å². The van der Waals surface area contributed by atoms with Crippen LogP contribution in [0.2, 0.25) is 0 Å². The van der Waals surface area contributed by atoms with Gasteiger partial charge >= 0.3 is 6.03 Å². The van der Waals surface area contributed by atoms with E-state index in [4.69, 9.17) is 0 Å². The molecule has 2 N–H and O–H groups in total. The van der Waals surface area contributed by atoms with E-state index in [1.807, 2.05) is 0 Å². The lowest BCUT2D eigenvalue weighted by molar-refractivity contribution is -0.133. The van der Waals surface area contributed by atoms with E-state index in [0.29, 0.717) is 13.1 Å². The first-order chi connectivity index (χ1) is 11.3. The molecule has 0 saturated carbocycles. The van der Waals surface area contributed by atoms with E-state index in [9.17, 15) is 18.0 Å². The zero-order chi connectivity index (χ0) is 17.5. The number of hydrogen-bond acceptors (Lipinski definition) is 8. The van der Waals surface area contributed by atoms with E-state index in [0.717, 1.165) is 17.2 Å². The minimum atomic E-state index is -2.85. The monoisotopic (exact) mass is 377 g/mol. The molecule has 0 bridgehead atoms. The van der Waals surface area contributed by atoms with Crippen LogP contribution in [0, 0.1) is 0 Å². The van der Waals surface area contributed by atoms with Gasteiger partial charge in [-0.2, -0.15) is 0 Å². The van der Waals surface area contributed by atoms with E-state index in [1.54, 1.807) is 18.8 Å². The molecule has 0 aromatic carbocycles. The second-order valence-electron chi connectivity index (χ2n) is 6.29. The number of rotatable bonds is 4. The van der Waals surface area contributed by atoms with Crippen molar-refractivity contribution >= 4 is 33.5 Å². The molecule has 0 radical (unpaired) electrons. The van der Waals surface area contributed by atoms with Crippen LogP contribution in [0.5, 0.6) is 0 Å². The molecule has 3 heterocycles. The molecule has 11 heteroatoms. The third-order valence-electron chi connectivity index (χ3n) is 4.70. The fourth-order valence-corrected chi connectivity index (χ4v) is 5.48. The molecular weight excluding hydrogens is 354 g/mol. The number of urea groups is 1. The molecule has 3 saturated heterocycles. The van der Waals surface area contributed by atoms with Crippen molar-refractivity contribution < 1.29 is 18.0 Å². The molecule has 0 aromatic rings. The summed E-state index contributed by atoms with van der Waals surface area (Å²) in [5.41, 5.74) is -0.112. The number of nitrogens with zero attached hydrogens (tertiary/aromatic N) is 3. The maximum absolute atomic E-state index is 12.2. The zero-order valence-corrected chi connectivity index (χ0v) is 15.4. The number of nitrogens with one attached hydrogen (secondary N) is 2. The van der Waals surface area contributed by atoms with Gasteiger partial charge in [-0.25, -0.2) is 13.2 Å². The number of carbonyl (C=O) groups excluding carboxylic acids is 2. The maximum atomic E-state index is 12.2. The number of thioether (sulfide) groups is 1. The van der Waals surface area contributed by atoms with Gasteiger partial charge in [0.2, 0.25) is 0 Å². The van der Waals surface area contributed by atoms with E-state index in [1.165, 1.54) is 11.9 Å². The third kappa shape index (κ3) is 3.54. The Kier molecular flexibility index (Phi) is 5.07. The first-order valence-corrected chi connectivity index (χ1v) is 10.8. The van der Waals surface area contributed by atoms with Gasteiger partial charge in [-0.05, 0) is 0 Å².